The number of hydrogen-bond acceptors (Lipinski definition) is 5. The van der Waals surface area contributed by atoms with E-state index in [1.165, 1.54) is 23.9 Å². The molecule has 0 spiro atoms. The highest BCUT2D eigenvalue weighted by Crippen LogP contribution is 2.14. The summed E-state index contributed by atoms with van der Waals surface area (Å²) in [5.74, 6) is 0.641. The van der Waals surface area contributed by atoms with E-state index in [-0.39, 0.29) is 12.2 Å². The van der Waals surface area contributed by atoms with Crippen molar-refractivity contribution >= 4 is 17.7 Å². The zero-order valence-corrected chi connectivity index (χ0v) is 10.6. The van der Waals surface area contributed by atoms with Gasteiger partial charge in [0.05, 0.1) is 24.9 Å². The quantitative estimate of drug-likeness (QED) is 0.608. The van der Waals surface area contributed by atoms with Gasteiger partial charge in [-0.1, -0.05) is 6.07 Å². The fraction of sp³-hybridized carbons (Fsp3) is 0.417. The van der Waals surface area contributed by atoms with Crippen LogP contribution in [0.2, 0.25) is 0 Å². The van der Waals surface area contributed by atoms with Gasteiger partial charge < -0.3 is 20.1 Å². The molecule has 1 atom stereocenters. The summed E-state index contributed by atoms with van der Waals surface area (Å²) in [5.41, 5.74) is 0.191. The Morgan fingerprint density at radius 2 is 2.22 bits per heavy atom. The van der Waals surface area contributed by atoms with Crippen molar-refractivity contribution in [2.75, 3.05) is 24.7 Å². The third-order valence-corrected chi connectivity index (χ3v) is 3.17. The average molecular weight is 272 g/mol. The zero-order valence-electron chi connectivity index (χ0n) is 9.78. The van der Waals surface area contributed by atoms with Crippen LogP contribution < -0.4 is 4.74 Å². The minimum Gasteiger partial charge on any atom is -0.493 e. The first kappa shape index (κ1) is 14.8. The van der Waals surface area contributed by atoms with Crippen molar-refractivity contribution in [2.45, 2.75) is 6.10 Å². The highest BCUT2D eigenvalue weighted by molar-refractivity contribution is 7.99. The van der Waals surface area contributed by atoms with Gasteiger partial charge in [0.1, 0.15) is 5.75 Å². The molecule has 6 heteroatoms. The molecule has 0 heterocycles. The molecule has 0 bridgehead atoms. The molecule has 100 valence electrons. The summed E-state index contributed by atoms with van der Waals surface area (Å²) in [4.78, 5) is 10.7. The van der Waals surface area contributed by atoms with E-state index in [9.17, 15) is 4.79 Å². The summed E-state index contributed by atoms with van der Waals surface area (Å²) in [6.45, 7) is 0.181. The van der Waals surface area contributed by atoms with Crippen LogP contribution in [0, 0.1) is 0 Å². The molecule has 0 radical (unpaired) electrons. The van der Waals surface area contributed by atoms with E-state index in [2.05, 4.69) is 0 Å². The van der Waals surface area contributed by atoms with Crippen LogP contribution in [0.25, 0.3) is 0 Å². The molecule has 0 aromatic heterocycles. The molecule has 0 saturated heterocycles. The number of aliphatic hydroxyl groups is 2. The summed E-state index contributed by atoms with van der Waals surface area (Å²) < 4.78 is 5.38. The molecule has 1 aromatic carbocycles. The topological polar surface area (TPSA) is 87.0 Å². The lowest BCUT2D eigenvalue weighted by Crippen LogP contribution is -2.15. The van der Waals surface area contributed by atoms with Crippen LogP contribution in [-0.4, -0.2) is 52.1 Å². The number of benzene rings is 1. The molecule has 5 nitrogen and oxygen atoms in total. The third kappa shape index (κ3) is 5.39. The summed E-state index contributed by atoms with van der Waals surface area (Å²) in [6.07, 6.45) is -0.703. The van der Waals surface area contributed by atoms with Gasteiger partial charge in [0.15, 0.2) is 0 Å². The lowest BCUT2D eigenvalue weighted by atomic mass is 10.2. The molecular formula is C12H16O5S. The van der Waals surface area contributed by atoms with Gasteiger partial charge in [-0.2, -0.15) is 11.8 Å². The van der Waals surface area contributed by atoms with Crippen molar-refractivity contribution in [3.8, 4) is 5.75 Å². The smallest absolute Gasteiger partial charge is 0.335 e. The maximum Gasteiger partial charge on any atom is 0.335 e. The van der Waals surface area contributed by atoms with E-state index >= 15 is 0 Å². The van der Waals surface area contributed by atoms with Gasteiger partial charge in [0, 0.05) is 11.5 Å². The van der Waals surface area contributed by atoms with E-state index < -0.39 is 12.1 Å². The molecular weight excluding hydrogens is 256 g/mol. The molecule has 0 amide bonds. The van der Waals surface area contributed by atoms with Crippen molar-refractivity contribution in [3.63, 3.8) is 0 Å². The van der Waals surface area contributed by atoms with Crippen LogP contribution in [0.4, 0.5) is 0 Å². The van der Waals surface area contributed by atoms with Gasteiger partial charge >= 0.3 is 5.97 Å². The van der Waals surface area contributed by atoms with E-state index in [0.29, 0.717) is 23.9 Å². The van der Waals surface area contributed by atoms with E-state index in [0.717, 1.165) is 0 Å². The molecule has 0 aliphatic rings. The Labute approximate surface area is 109 Å². The summed E-state index contributed by atoms with van der Waals surface area (Å²) in [7, 11) is 0. The Hall–Kier alpha value is -1.24. The van der Waals surface area contributed by atoms with Crippen LogP contribution in [0.1, 0.15) is 10.4 Å². The van der Waals surface area contributed by atoms with Crippen molar-refractivity contribution in [1.29, 1.82) is 0 Å². The number of thioether (sulfide) groups is 1. The number of carbonyl (C=O) groups is 1. The maximum absolute atomic E-state index is 10.7. The SMILES string of the molecule is O=C(O)c1cccc(OCCSCC(O)CO)c1. The Balaban J connectivity index is 2.27. The Kier molecular flexibility index (Phi) is 6.56. The molecule has 0 saturated carbocycles. The summed E-state index contributed by atoms with van der Waals surface area (Å²) >= 11 is 1.46. The fourth-order valence-electron chi connectivity index (χ4n) is 1.21. The number of carboxylic acid groups (broad SMARTS) is 1. The molecule has 3 N–H and O–H groups in total. The Morgan fingerprint density at radius 3 is 2.89 bits per heavy atom. The van der Waals surface area contributed by atoms with Crippen LogP contribution in [0.5, 0.6) is 5.75 Å². The highest BCUT2D eigenvalue weighted by atomic mass is 32.2. The van der Waals surface area contributed by atoms with Gasteiger partial charge in [0.25, 0.3) is 0 Å². The number of carboxylic acids is 1. The lowest BCUT2D eigenvalue weighted by Gasteiger charge is -2.08. The molecule has 0 aliphatic heterocycles. The van der Waals surface area contributed by atoms with E-state index in [1.54, 1.807) is 12.1 Å². The number of hydrogen-bond donors (Lipinski definition) is 3. The Morgan fingerprint density at radius 1 is 1.44 bits per heavy atom. The van der Waals surface area contributed by atoms with Gasteiger partial charge in [-0.25, -0.2) is 4.79 Å². The zero-order chi connectivity index (χ0) is 13.4. The van der Waals surface area contributed by atoms with Crippen LogP contribution in [-0.2, 0) is 0 Å². The van der Waals surface area contributed by atoms with Crippen LogP contribution in [0.15, 0.2) is 24.3 Å². The predicted octanol–water partition coefficient (Wildman–Crippen LogP) is 0.850. The first-order valence-corrected chi connectivity index (χ1v) is 6.61. The number of aliphatic hydroxyl groups excluding tert-OH is 2. The molecule has 0 fully saturated rings. The fourth-order valence-corrected chi connectivity index (χ4v) is 1.95. The number of rotatable bonds is 8. The van der Waals surface area contributed by atoms with E-state index in [1.807, 2.05) is 0 Å². The standard InChI is InChI=1S/C12H16O5S/c13-7-10(14)8-18-5-4-17-11-3-1-2-9(6-11)12(15)16/h1-3,6,10,13-14H,4-5,7-8H2,(H,15,16). The predicted molar refractivity (Wildman–Crippen MR) is 69.3 cm³/mol. The second-order valence-electron chi connectivity index (χ2n) is 3.59. The largest absolute Gasteiger partial charge is 0.493 e. The van der Waals surface area contributed by atoms with Gasteiger partial charge in [-0.15, -0.1) is 0 Å². The molecule has 1 unspecified atom stereocenters. The third-order valence-electron chi connectivity index (χ3n) is 2.10. The van der Waals surface area contributed by atoms with E-state index in [4.69, 9.17) is 20.1 Å². The van der Waals surface area contributed by atoms with Crippen LogP contribution >= 0.6 is 11.8 Å². The molecule has 18 heavy (non-hydrogen) atoms. The van der Waals surface area contributed by atoms with Crippen LogP contribution in [0.3, 0.4) is 0 Å². The summed E-state index contributed by atoms with van der Waals surface area (Å²) in [5, 5.41) is 26.5. The van der Waals surface area contributed by atoms with Gasteiger partial charge in [-0.3, -0.25) is 0 Å². The normalized spacial score (nSPS) is 12.1. The number of aromatic carboxylic acids is 1. The average Bonchev–Trinajstić information content (AvgIpc) is 2.38. The highest BCUT2D eigenvalue weighted by Gasteiger charge is 2.04. The molecule has 1 aromatic rings. The first-order chi connectivity index (χ1) is 8.63. The monoisotopic (exact) mass is 272 g/mol. The second kappa shape index (κ2) is 7.97. The lowest BCUT2D eigenvalue weighted by molar-refractivity contribution is 0.0696. The maximum atomic E-state index is 10.7. The number of ether oxygens (including phenoxy) is 1. The Bertz CT molecular complexity index is 382. The van der Waals surface area contributed by atoms with Gasteiger partial charge in [0.2, 0.25) is 0 Å². The first-order valence-electron chi connectivity index (χ1n) is 5.46. The minimum atomic E-state index is -0.985. The minimum absolute atomic E-state index is 0.191. The summed E-state index contributed by atoms with van der Waals surface area (Å²) in [6, 6.07) is 6.29. The molecule has 0 aliphatic carbocycles. The molecule has 1 rings (SSSR count). The second-order valence-corrected chi connectivity index (χ2v) is 4.74. The van der Waals surface area contributed by atoms with Crippen molar-refractivity contribution in [3.05, 3.63) is 29.8 Å². The van der Waals surface area contributed by atoms with Crippen molar-refractivity contribution in [1.82, 2.24) is 0 Å². The van der Waals surface area contributed by atoms with Crippen molar-refractivity contribution < 1.29 is 24.9 Å². The van der Waals surface area contributed by atoms with Crippen molar-refractivity contribution in [2.24, 2.45) is 0 Å². The van der Waals surface area contributed by atoms with Gasteiger partial charge in [-0.05, 0) is 18.2 Å².